The minimum absolute atomic E-state index is 0.790. The van der Waals surface area contributed by atoms with Crippen molar-refractivity contribution >= 4 is 11.3 Å². The molecule has 0 saturated carbocycles. The van der Waals surface area contributed by atoms with Gasteiger partial charge < -0.3 is 10.1 Å². The molecule has 0 aliphatic carbocycles. The summed E-state index contributed by atoms with van der Waals surface area (Å²) in [5.41, 5.74) is 1.19. The van der Waals surface area contributed by atoms with Gasteiger partial charge in [-0.15, -0.1) is 11.3 Å². The monoisotopic (exact) mass is 240 g/mol. The Morgan fingerprint density at radius 1 is 1.50 bits per heavy atom. The summed E-state index contributed by atoms with van der Waals surface area (Å²) in [7, 11) is 0. The first-order chi connectivity index (χ1) is 7.88. The Hall–Kier alpha value is -0.450. The highest BCUT2D eigenvalue weighted by Crippen LogP contribution is 2.14. The standard InChI is InChI=1S/C12H20N2OS/c1-2-12-14-11(9-16-12)8-13-7-10-3-5-15-6-4-10/h9-10,13H,2-8H2,1H3. The van der Waals surface area contributed by atoms with Crippen molar-refractivity contribution in [3.8, 4) is 0 Å². The highest BCUT2D eigenvalue weighted by Gasteiger charge is 2.13. The Morgan fingerprint density at radius 2 is 2.31 bits per heavy atom. The SMILES string of the molecule is CCc1nc(CNCC2CCOCC2)cs1. The summed E-state index contributed by atoms with van der Waals surface area (Å²) < 4.78 is 5.34. The molecule has 90 valence electrons. The molecule has 4 heteroatoms. The van der Waals surface area contributed by atoms with Crippen LogP contribution in [0.25, 0.3) is 0 Å². The van der Waals surface area contributed by atoms with E-state index in [0.29, 0.717) is 0 Å². The number of ether oxygens (including phenoxy) is 1. The molecule has 1 fully saturated rings. The lowest BCUT2D eigenvalue weighted by Gasteiger charge is -2.21. The Kier molecular flexibility index (Phi) is 4.75. The quantitative estimate of drug-likeness (QED) is 0.857. The van der Waals surface area contributed by atoms with Crippen LogP contribution in [0.15, 0.2) is 5.38 Å². The maximum Gasteiger partial charge on any atom is 0.0926 e. The maximum absolute atomic E-state index is 5.34. The molecule has 16 heavy (non-hydrogen) atoms. The van der Waals surface area contributed by atoms with E-state index in [1.54, 1.807) is 11.3 Å². The van der Waals surface area contributed by atoms with E-state index in [2.05, 4.69) is 22.6 Å². The van der Waals surface area contributed by atoms with Gasteiger partial charge in [-0.1, -0.05) is 6.92 Å². The van der Waals surface area contributed by atoms with Crippen LogP contribution in [0.5, 0.6) is 0 Å². The largest absolute Gasteiger partial charge is 0.381 e. The number of thiazole rings is 1. The van der Waals surface area contributed by atoms with Gasteiger partial charge in [0.05, 0.1) is 10.7 Å². The highest BCUT2D eigenvalue weighted by molar-refractivity contribution is 7.09. The molecule has 0 amide bonds. The predicted molar refractivity (Wildman–Crippen MR) is 66.7 cm³/mol. The summed E-state index contributed by atoms with van der Waals surface area (Å²) in [6.07, 6.45) is 3.44. The number of aromatic nitrogens is 1. The van der Waals surface area contributed by atoms with Crippen molar-refractivity contribution in [3.63, 3.8) is 0 Å². The summed E-state index contributed by atoms with van der Waals surface area (Å²) >= 11 is 1.76. The van der Waals surface area contributed by atoms with Gasteiger partial charge in [-0.05, 0) is 31.7 Å². The number of aryl methyl sites for hydroxylation is 1. The van der Waals surface area contributed by atoms with E-state index >= 15 is 0 Å². The molecule has 1 aromatic rings. The van der Waals surface area contributed by atoms with Gasteiger partial charge in [0.25, 0.3) is 0 Å². The van der Waals surface area contributed by atoms with Crippen LogP contribution < -0.4 is 5.32 Å². The zero-order valence-electron chi connectivity index (χ0n) is 9.87. The molecule has 1 aliphatic rings. The van der Waals surface area contributed by atoms with Crippen LogP contribution in [0.3, 0.4) is 0 Å². The molecule has 0 atom stereocenters. The van der Waals surface area contributed by atoms with Gasteiger partial charge in [-0.2, -0.15) is 0 Å². The normalized spacial score (nSPS) is 17.8. The van der Waals surface area contributed by atoms with Crippen LogP contribution in [0, 0.1) is 5.92 Å². The van der Waals surface area contributed by atoms with Gasteiger partial charge in [0, 0.05) is 25.1 Å². The smallest absolute Gasteiger partial charge is 0.0926 e. The number of hydrogen-bond acceptors (Lipinski definition) is 4. The third-order valence-electron chi connectivity index (χ3n) is 2.98. The van der Waals surface area contributed by atoms with Crippen molar-refractivity contribution in [2.24, 2.45) is 5.92 Å². The van der Waals surface area contributed by atoms with Crippen molar-refractivity contribution in [1.82, 2.24) is 10.3 Å². The Balaban J connectivity index is 1.66. The van der Waals surface area contributed by atoms with Crippen LogP contribution in [0.4, 0.5) is 0 Å². The fraction of sp³-hybridized carbons (Fsp3) is 0.750. The minimum atomic E-state index is 0.790. The zero-order valence-corrected chi connectivity index (χ0v) is 10.7. The van der Waals surface area contributed by atoms with E-state index in [1.807, 2.05) is 0 Å². The third-order valence-corrected chi connectivity index (χ3v) is 4.02. The lowest BCUT2D eigenvalue weighted by molar-refractivity contribution is 0.0662. The average Bonchev–Trinajstić information content (AvgIpc) is 2.78. The van der Waals surface area contributed by atoms with E-state index in [9.17, 15) is 0 Å². The molecule has 0 radical (unpaired) electrons. The van der Waals surface area contributed by atoms with Crippen molar-refractivity contribution in [3.05, 3.63) is 16.1 Å². The van der Waals surface area contributed by atoms with E-state index in [1.165, 1.54) is 23.5 Å². The van der Waals surface area contributed by atoms with Crippen molar-refractivity contribution in [1.29, 1.82) is 0 Å². The predicted octanol–water partition coefficient (Wildman–Crippen LogP) is 2.22. The molecule has 1 N–H and O–H groups in total. The molecule has 2 heterocycles. The molecule has 2 rings (SSSR count). The Bertz CT molecular complexity index is 308. The van der Waals surface area contributed by atoms with Crippen LogP contribution in [0.1, 0.15) is 30.5 Å². The van der Waals surface area contributed by atoms with Crippen LogP contribution >= 0.6 is 11.3 Å². The zero-order chi connectivity index (χ0) is 11.2. The second kappa shape index (κ2) is 6.33. The van der Waals surface area contributed by atoms with Gasteiger partial charge in [-0.3, -0.25) is 0 Å². The van der Waals surface area contributed by atoms with Crippen LogP contribution in [-0.4, -0.2) is 24.7 Å². The molecular formula is C12H20N2OS. The second-order valence-corrected chi connectivity index (χ2v) is 5.22. The highest BCUT2D eigenvalue weighted by atomic mass is 32.1. The minimum Gasteiger partial charge on any atom is -0.381 e. The first-order valence-electron chi connectivity index (χ1n) is 6.10. The lowest BCUT2D eigenvalue weighted by atomic mass is 10.0. The van der Waals surface area contributed by atoms with Gasteiger partial charge in [0.2, 0.25) is 0 Å². The molecule has 0 aromatic carbocycles. The molecule has 1 aromatic heterocycles. The fourth-order valence-electron chi connectivity index (χ4n) is 1.95. The van der Waals surface area contributed by atoms with E-state index in [4.69, 9.17) is 4.74 Å². The lowest BCUT2D eigenvalue weighted by Crippen LogP contribution is -2.27. The molecule has 0 unspecified atom stereocenters. The van der Waals surface area contributed by atoms with E-state index in [-0.39, 0.29) is 0 Å². The molecule has 0 bridgehead atoms. The topological polar surface area (TPSA) is 34.2 Å². The van der Waals surface area contributed by atoms with E-state index < -0.39 is 0 Å². The van der Waals surface area contributed by atoms with Crippen molar-refractivity contribution in [2.45, 2.75) is 32.7 Å². The number of rotatable bonds is 5. The van der Waals surface area contributed by atoms with Crippen molar-refractivity contribution in [2.75, 3.05) is 19.8 Å². The summed E-state index contributed by atoms with van der Waals surface area (Å²) in [4.78, 5) is 4.54. The van der Waals surface area contributed by atoms with Crippen LogP contribution in [-0.2, 0) is 17.7 Å². The summed E-state index contributed by atoms with van der Waals surface area (Å²) in [6.45, 7) is 6.03. The molecule has 0 spiro atoms. The average molecular weight is 240 g/mol. The fourth-order valence-corrected chi connectivity index (χ4v) is 2.69. The van der Waals surface area contributed by atoms with Gasteiger partial charge >= 0.3 is 0 Å². The summed E-state index contributed by atoms with van der Waals surface area (Å²) in [5.74, 6) is 0.790. The number of nitrogens with one attached hydrogen (secondary N) is 1. The van der Waals surface area contributed by atoms with Gasteiger partial charge in [-0.25, -0.2) is 4.98 Å². The van der Waals surface area contributed by atoms with Crippen molar-refractivity contribution < 1.29 is 4.74 Å². The van der Waals surface area contributed by atoms with Gasteiger partial charge in [0.1, 0.15) is 0 Å². The second-order valence-electron chi connectivity index (χ2n) is 4.27. The number of nitrogens with zero attached hydrogens (tertiary/aromatic N) is 1. The molecular weight excluding hydrogens is 220 g/mol. The summed E-state index contributed by atoms with van der Waals surface area (Å²) in [5, 5.41) is 6.90. The Morgan fingerprint density at radius 3 is 3.00 bits per heavy atom. The van der Waals surface area contributed by atoms with Gasteiger partial charge in [0.15, 0.2) is 0 Å². The first-order valence-corrected chi connectivity index (χ1v) is 6.98. The third kappa shape index (κ3) is 3.54. The molecule has 1 saturated heterocycles. The molecule has 3 nitrogen and oxygen atoms in total. The molecule has 1 aliphatic heterocycles. The maximum atomic E-state index is 5.34. The number of hydrogen-bond donors (Lipinski definition) is 1. The van der Waals surface area contributed by atoms with E-state index in [0.717, 1.165) is 38.6 Å². The van der Waals surface area contributed by atoms with Crippen LogP contribution in [0.2, 0.25) is 0 Å². The Labute approximate surface area is 101 Å². The summed E-state index contributed by atoms with van der Waals surface area (Å²) in [6, 6.07) is 0. The first kappa shape index (κ1) is 12.0.